The van der Waals surface area contributed by atoms with Crippen LogP contribution in [0.3, 0.4) is 0 Å². The number of esters is 1. The van der Waals surface area contributed by atoms with E-state index < -0.39 is 5.97 Å². The Morgan fingerprint density at radius 1 is 1.31 bits per heavy atom. The first-order valence-corrected chi connectivity index (χ1v) is 11.0. The van der Waals surface area contributed by atoms with Gasteiger partial charge in [-0.15, -0.1) is 11.3 Å². The second-order valence-corrected chi connectivity index (χ2v) is 9.82. The zero-order valence-electron chi connectivity index (χ0n) is 17.5. The molecule has 0 unspecified atom stereocenters. The van der Waals surface area contributed by atoms with Crippen molar-refractivity contribution in [3.63, 3.8) is 0 Å². The van der Waals surface area contributed by atoms with Gasteiger partial charge in [0.2, 0.25) is 0 Å². The third kappa shape index (κ3) is 3.64. The van der Waals surface area contributed by atoms with Crippen LogP contribution < -0.4 is 4.90 Å². The number of hydrogen-bond acceptors (Lipinski definition) is 5. The Morgan fingerprint density at radius 2 is 2.07 bits per heavy atom. The van der Waals surface area contributed by atoms with Gasteiger partial charge in [-0.25, -0.2) is 4.79 Å². The molecule has 4 rings (SSSR count). The summed E-state index contributed by atoms with van der Waals surface area (Å²) in [5.74, 6) is 0.0622. The Balaban J connectivity index is 1.44. The van der Waals surface area contributed by atoms with Gasteiger partial charge in [0.1, 0.15) is 4.88 Å². The lowest BCUT2D eigenvalue weighted by Crippen LogP contribution is -2.25. The maximum atomic E-state index is 12.6. The van der Waals surface area contributed by atoms with E-state index in [2.05, 4.69) is 32.9 Å². The highest BCUT2D eigenvalue weighted by Gasteiger charge is 2.38. The zero-order chi connectivity index (χ0) is 20.8. The molecule has 1 aromatic heterocycles. The highest BCUT2D eigenvalue weighted by Crippen LogP contribution is 2.46. The molecule has 0 spiro atoms. The number of carbonyl (C=O) groups excluding carboxylic acids is 2. The van der Waals surface area contributed by atoms with E-state index in [9.17, 15) is 9.59 Å². The predicted octanol–water partition coefficient (Wildman–Crippen LogP) is 4.91. The summed E-state index contributed by atoms with van der Waals surface area (Å²) in [6.07, 6.45) is 4.84. The average molecular weight is 410 g/mol. The van der Waals surface area contributed by atoms with Crippen LogP contribution in [0.15, 0.2) is 42.1 Å². The molecule has 29 heavy (non-hydrogen) atoms. The van der Waals surface area contributed by atoms with Gasteiger partial charge in [0, 0.05) is 34.8 Å². The van der Waals surface area contributed by atoms with E-state index in [4.69, 9.17) is 4.74 Å². The number of thiophene rings is 1. The predicted molar refractivity (Wildman–Crippen MR) is 117 cm³/mol. The summed E-state index contributed by atoms with van der Waals surface area (Å²) in [5.41, 5.74) is 4.21. The molecule has 1 aliphatic heterocycles. The van der Waals surface area contributed by atoms with E-state index in [0.29, 0.717) is 10.8 Å². The molecule has 2 aliphatic rings. The number of para-hydroxylation sites is 1. The van der Waals surface area contributed by atoms with E-state index >= 15 is 0 Å². The van der Waals surface area contributed by atoms with Crippen molar-refractivity contribution in [3.8, 4) is 0 Å². The minimum absolute atomic E-state index is 0.198. The van der Waals surface area contributed by atoms with Crippen LogP contribution in [0.25, 0.3) is 0 Å². The lowest BCUT2D eigenvalue weighted by Gasteiger charge is -2.23. The fourth-order valence-electron chi connectivity index (χ4n) is 4.47. The number of likely N-dealkylation sites (N-methyl/N-ethyl adjacent to an activating group) is 1. The molecular weight excluding hydrogens is 382 g/mol. The number of allylic oxidation sites excluding steroid dienone is 1. The van der Waals surface area contributed by atoms with Gasteiger partial charge in [-0.1, -0.05) is 39.0 Å². The summed E-state index contributed by atoms with van der Waals surface area (Å²) in [7, 11) is 1.97. The number of ether oxygens (including phenoxy) is 1. The molecule has 4 nitrogen and oxygen atoms in total. The highest BCUT2D eigenvalue weighted by atomic mass is 32.1. The van der Waals surface area contributed by atoms with Gasteiger partial charge in [-0.05, 0) is 48.4 Å². The van der Waals surface area contributed by atoms with Gasteiger partial charge in [0.05, 0.1) is 0 Å². The average Bonchev–Trinajstić information content (AvgIpc) is 3.19. The molecule has 0 bridgehead atoms. The molecule has 1 atom stereocenters. The lowest BCUT2D eigenvalue weighted by molar-refractivity contribution is -0.117. The van der Waals surface area contributed by atoms with Crippen LogP contribution in [-0.4, -0.2) is 25.4 Å². The largest absolute Gasteiger partial charge is 0.453 e. The first kappa shape index (κ1) is 19.9. The quantitative estimate of drug-likeness (QED) is 0.532. The van der Waals surface area contributed by atoms with Crippen LogP contribution in [0.4, 0.5) is 5.69 Å². The van der Waals surface area contributed by atoms with Gasteiger partial charge in [-0.3, -0.25) is 4.79 Å². The Bertz CT molecular complexity index is 1000. The van der Waals surface area contributed by atoms with Crippen LogP contribution in [0, 0.1) is 5.92 Å². The summed E-state index contributed by atoms with van der Waals surface area (Å²) in [6.45, 7) is 6.22. The standard InChI is InChI=1S/C24H27NO3S/c1-15-9-10-20-16(11-15)12-21(29-20)23(27)28-14-17(26)13-22-24(2,3)18-7-5-6-8-19(18)25(22)4/h5-8,12-13,15H,9-11,14H2,1-4H3/t15-/m1/s1. The molecule has 152 valence electrons. The number of anilines is 1. The van der Waals surface area contributed by atoms with Crippen molar-refractivity contribution in [1.29, 1.82) is 0 Å². The first-order chi connectivity index (χ1) is 13.8. The van der Waals surface area contributed by atoms with Crippen molar-refractivity contribution in [1.82, 2.24) is 0 Å². The lowest BCUT2D eigenvalue weighted by atomic mass is 9.83. The van der Waals surface area contributed by atoms with Gasteiger partial charge < -0.3 is 9.64 Å². The summed E-state index contributed by atoms with van der Waals surface area (Å²) in [4.78, 5) is 29.0. The van der Waals surface area contributed by atoms with Crippen molar-refractivity contribution in [2.45, 2.75) is 45.4 Å². The minimum Gasteiger partial charge on any atom is -0.453 e. The van der Waals surface area contributed by atoms with E-state index in [0.717, 1.165) is 24.2 Å². The topological polar surface area (TPSA) is 46.6 Å². The van der Waals surface area contributed by atoms with E-state index in [-0.39, 0.29) is 17.8 Å². The molecule has 2 heterocycles. The molecular formula is C24H27NO3S. The summed E-state index contributed by atoms with van der Waals surface area (Å²) in [5, 5.41) is 0. The highest BCUT2D eigenvalue weighted by molar-refractivity contribution is 7.14. The number of benzene rings is 1. The van der Waals surface area contributed by atoms with Crippen molar-refractivity contribution in [3.05, 3.63) is 63.0 Å². The van der Waals surface area contributed by atoms with Gasteiger partial charge >= 0.3 is 5.97 Å². The molecule has 1 aromatic carbocycles. The van der Waals surface area contributed by atoms with Crippen molar-refractivity contribution < 1.29 is 14.3 Å². The van der Waals surface area contributed by atoms with Crippen molar-refractivity contribution >= 4 is 28.8 Å². The smallest absolute Gasteiger partial charge is 0.348 e. The van der Waals surface area contributed by atoms with Gasteiger partial charge in [0.15, 0.2) is 12.4 Å². The van der Waals surface area contributed by atoms with Gasteiger partial charge in [0.25, 0.3) is 0 Å². The summed E-state index contributed by atoms with van der Waals surface area (Å²) < 4.78 is 5.34. The number of rotatable bonds is 4. The number of ketones is 1. The number of aryl methyl sites for hydroxylation is 1. The molecule has 2 aromatic rings. The number of nitrogens with zero attached hydrogens (tertiary/aromatic N) is 1. The number of hydrogen-bond donors (Lipinski definition) is 0. The summed E-state index contributed by atoms with van der Waals surface area (Å²) in [6, 6.07) is 10.1. The number of fused-ring (bicyclic) bond motifs is 2. The van der Waals surface area contributed by atoms with Crippen LogP contribution in [0.1, 0.15) is 52.9 Å². The van der Waals surface area contributed by atoms with Crippen molar-refractivity contribution in [2.75, 3.05) is 18.6 Å². The third-order valence-corrected chi connectivity index (χ3v) is 7.33. The SMILES string of the molecule is C[C@@H]1CCc2sc(C(=O)OCC(=O)C=C3N(C)c4ccccc4C3(C)C)cc2C1. The number of carbonyl (C=O) groups is 2. The van der Waals surface area contributed by atoms with Crippen LogP contribution in [-0.2, 0) is 27.8 Å². The van der Waals surface area contributed by atoms with Crippen LogP contribution >= 0.6 is 11.3 Å². The molecule has 0 saturated carbocycles. The molecule has 0 amide bonds. The Morgan fingerprint density at radius 3 is 2.83 bits per heavy atom. The van der Waals surface area contributed by atoms with E-state index in [1.165, 1.54) is 33.8 Å². The van der Waals surface area contributed by atoms with E-state index in [1.807, 2.05) is 30.1 Å². The second-order valence-electron chi connectivity index (χ2n) is 8.68. The molecule has 0 N–H and O–H groups in total. The molecule has 1 aliphatic carbocycles. The van der Waals surface area contributed by atoms with Crippen LogP contribution in [0.2, 0.25) is 0 Å². The third-order valence-electron chi connectivity index (χ3n) is 6.11. The first-order valence-electron chi connectivity index (χ1n) is 10.1. The molecule has 0 radical (unpaired) electrons. The Kier molecular flexibility index (Phi) is 5.11. The normalized spacial score (nSPS) is 21.0. The van der Waals surface area contributed by atoms with Crippen molar-refractivity contribution in [2.24, 2.45) is 5.92 Å². The van der Waals surface area contributed by atoms with Gasteiger partial charge in [-0.2, -0.15) is 0 Å². The fourth-order valence-corrected chi connectivity index (χ4v) is 5.57. The van der Waals surface area contributed by atoms with Crippen LogP contribution in [0.5, 0.6) is 0 Å². The molecule has 0 saturated heterocycles. The monoisotopic (exact) mass is 409 g/mol. The Labute approximate surface area is 176 Å². The maximum absolute atomic E-state index is 12.6. The fraction of sp³-hybridized carbons (Fsp3) is 0.417. The zero-order valence-corrected chi connectivity index (χ0v) is 18.3. The van der Waals surface area contributed by atoms with E-state index in [1.54, 1.807) is 6.08 Å². The maximum Gasteiger partial charge on any atom is 0.348 e. The Hall–Kier alpha value is -2.40. The second kappa shape index (κ2) is 7.45. The molecule has 0 fully saturated rings. The minimum atomic E-state index is -0.397. The summed E-state index contributed by atoms with van der Waals surface area (Å²) >= 11 is 1.51. The molecule has 5 heteroatoms.